The highest BCUT2D eigenvalue weighted by Gasteiger charge is 2.20. The first kappa shape index (κ1) is 13.1. The Hall–Kier alpha value is -1.34. The van der Waals surface area contributed by atoms with Gasteiger partial charge in [0.05, 0.1) is 23.4 Å². The lowest BCUT2D eigenvalue weighted by Gasteiger charge is -2.26. The smallest absolute Gasteiger partial charge is 0.213 e. The molecule has 2 N–H and O–H groups in total. The Kier molecular flexibility index (Phi) is 4.03. The molecule has 0 amide bonds. The Morgan fingerprint density at radius 3 is 2.67 bits per heavy atom. The molecular weight excluding hydrogens is 254 g/mol. The van der Waals surface area contributed by atoms with Crippen molar-refractivity contribution in [1.29, 1.82) is 0 Å². The third-order valence-electron chi connectivity index (χ3n) is 2.85. The van der Waals surface area contributed by atoms with Crippen LogP contribution in [0, 0.1) is 0 Å². The van der Waals surface area contributed by atoms with Crippen LogP contribution in [-0.4, -0.2) is 56.0 Å². The Bertz CT molecular complexity index is 473. The number of hydrogen-bond donors (Lipinski definition) is 1. The molecule has 0 aromatic carbocycles. The maximum atomic E-state index is 11.2. The average Bonchev–Trinajstić information content (AvgIpc) is 2.34. The van der Waals surface area contributed by atoms with E-state index in [0.717, 1.165) is 0 Å². The Morgan fingerprint density at radius 1 is 1.33 bits per heavy atom. The van der Waals surface area contributed by atoms with Crippen molar-refractivity contribution in [3.05, 3.63) is 18.3 Å². The van der Waals surface area contributed by atoms with Crippen molar-refractivity contribution in [3.8, 4) is 5.88 Å². The van der Waals surface area contributed by atoms with Gasteiger partial charge in [-0.15, -0.1) is 0 Å². The SMILES string of the molecule is Nc1ccc(OCCN2CCS(=O)(=O)CC2)nc1. The number of sulfone groups is 1. The van der Waals surface area contributed by atoms with Crippen LogP contribution in [0.2, 0.25) is 0 Å². The van der Waals surface area contributed by atoms with E-state index in [2.05, 4.69) is 9.88 Å². The minimum Gasteiger partial charge on any atom is -0.476 e. The van der Waals surface area contributed by atoms with Crippen molar-refractivity contribution in [2.45, 2.75) is 0 Å². The minimum absolute atomic E-state index is 0.243. The number of pyridine rings is 1. The van der Waals surface area contributed by atoms with Gasteiger partial charge in [-0.05, 0) is 6.07 Å². The summed E-state index contributed by atoms with van der Waals surface area (Å²) in [5.41, 5.74) is 6.12. The lowest BCUT2D eigenvalue weighted by molar-refractivity contribution is 0.215. The number of aromatic nitrogens is 1. The van der Waals surface area contributed by atoms with Gasteiger partial charge in [0.25, 0.3) is 0 Å². The quantitative estimate of drug-likeness (QED) is 0.814. The summed E-state index contributed by atoms with van der Waals surface area (Å²) in [4.78, 5) is 6.10. The van der Waals surface area contributed by atoms with Crippen molar-refractivity contribution in [2.75, 3.05) is 43.5 Å². The second-order valence-electron chi connectivity index (χ2n) is 4.27. The van der Waals surface area contributed by atoms with E-state index in [-0.39, 0.29) is 11.5 Å². The molecule has 0 aliphatic carbocycles. The second kappa shape index (κ2) is 5.53. The molecule has 1 saturated heterocycles. The summed E-state index contributed by atoms with van der Waals surface area (Å²) in [7, 11) is -2.81. The minimum atomic E-state index is -2.81. The highest BCUT2D eigenvalue weighted by Crippen LogP contribution is 2.09. The van der Waals surface area contributed by atoms with Gasteiger partial charge in [-0.2, -0.15) is 0 Å². The fourth-order valence-corrected chi connectivity index (χ4v) is 3.01. The maximum Gasteiger partial charge on any atom is 0.213 e. The van der Waals surface area contributed by atoms with Crippen molar-refractivity contribution < 1.29 is 13.2 Å². The summed E-state index contributed by atoms with van der Waals surface area (Å²) in [6, 6.07) is 3.45. The largest absolute Gasteiger partial charge is 0.476 e. The second-order valence-corrected chi connectivity index (χ2v) is 6.58. The Morgan fingerprint density at radius 2 is 2.06 bits per heavy atom. The van der Waals surface area contributed by atoms with Crippen LogP contribution in [0.4, 0.5) is 5.69 Å². The van der Waals surface area contributed by atoms with Gasteiger partial charge >= 0.3 is 0 Å². The Labute approximate surface area is 107 Å². The van der Waals surface area contributed by atoms with Gasteiger partial charge in [-0.1, -0.05) is 0 Å². The van der Waals surface area contributed by atoms with E-state index >= 15 is 0 Å². The number of nitrogens with two attached hydrogens (primary N) is 1. The fourth-order valence-electron chi connectivity index (χ4n) is 1.73. The molecule has 0 spiro atoms. The van der Waals surface area contributed by atoms with Gasteiger partial charge in [0.2, 0.25) is 5.88 Å². The average molecular weight is 271 g/mol. The standard InChI is InChI=1S/C11H17N3O3S/c12-10-1-2-11(13-9-10)17-6-3-14-4-7-18(15,16)8-5-14/h1-2,9H,3-8,12H2. The zero-order valence-corrected chi connectivity index (χ0v) is 10.9. The summed E-state index contributed by atoms with van der Waals surface area (Å²) in [6.45, 7) is 2.38. The molecule has 0 atom stereocenters. The van der Waals surface area contributed by atoms with E-state index in [0.29, 0.717) is 37.8 Å². The molecule has 1 aliphatic rings. The third kappa shape index (κ3) is 3.85. The van der Waals surface area contributed by atoms with Gasteiger partial charge in [-0.3, -0.25) is 4.90 Å². The van der Waals surface area contributed by atoms with Crippen molar-refractivity contribution >= 4 is 15.5 Å². The number of nitrogens with zero attached hydrogens (tertiary/aromatic N) is 2. The first-order valence-corrected chi connectivity index (χ1v) is 7.64. The normalized spacial score (nSPS) is 19.6. The van der Waals surface area contributed by atoms with Gasteiger partial charge in [-0.25, -0.2) is 13.4 Å². The van der Waals surface area contributed by atoms with E-state index < -0.39 is 9.84 Å². The molecule has 7 heteroatoms. The van der Waals surface area contributed by atoms with Gasteiger partial charge in [0.1, 0.15) is 6.61 Å². The lowest BCUT2D eigenvalue weighted by Crippen LogP contribution is -2.42. The van der Waals surface area contributed by atoms with Gasteiger partial charge < -0.3 is 10.5 Å². The molecule has 0 saturated carbocycles. The number of hydrogen-bond acceptors (Lipinski definition) is 6. The summed E-state index contributed by atoms with van der Waals surface area (Å²) >= 11 is 0. The summed E-state index contributed by atoms with van der Waals surface area (Å²) in [6.07, 6.45) is 1.54. The monoisotopic (exact) mass is 271 g/mol. The Balaban J connectivity index is 1.71. The van der Waals surface area contributed by atoms with Crippen LogP contribution in [0.15, 0.2) is 18.3 Å². The summed E-state index contributed by atoms with van der Waals surface area (Å²) in [5, 5.41) is 0. The van der Waals surface area contributed by atoms with Gasteiger partial charge in [0.15, 0.2) is 9.84 Å². The zero-order valence-electron chi connectivity index (χ0n) is 10.1. The third-order valence-corrected chi connectivity index (χ3v) is 4.46. The molecule has 18 heavy (non-hydrogen) atoms. The molecule has 1 aromatic rings. The highest BCUT2D eigenvalue weighted by molar-refractivity contribution is 7.91. The van der Waals surface area contributed by atoms with E-state index in [4.69, 9.17) is 10.5 Å². The van der Waals surface area contributed by atoms with Crippen molar-refractivity contribution in [2.24, 2.45) is 0 Å². The van der Waals surface area contributed by atoms with Crippen LogP contribution >= 0.6 is 0 Å². The van der Waals surface area contributed by atoms with Crippen LogP contribution in [0.25, 0.3) is 0 Å². The van der Waals surface area contributed by atoms with Gasteiger partial charge in [0, 0.05) is 25.7 Å². The lowest BCUT2D eigenvalue weighted by atomic mass is 10.4. The molecule has 100 valence electrons. The zero-order chi connectivity index (χ0) is 13.0. The van der Waals surface area contributed by atoms with E-state index in [9.17, 15) is 8.42 Å². The predicted molar refractivity (Wildman–Crippen MR) is 69.2 cm³/mol. The number of ether oxygens (including phenoxy) is 1. The summed E-state index contributed by atoms with van der Waals surface area (Å²) in [5.74, 6) is 1.02. The molecule has 1 aliphatic heterocycles. The first-order valence-electron chi connectivity index (χ1n) is 5.82. The molecule has 6 nitrogen and oxygen atoms in total. The van der Waals surface area contributed by atoms with Crippen LogP contribution in [0.1, 0.15) is 0 Å². The van der Waals surface area contributed by atoms with Crippen molar-refractivity contribution in [3.63, 3.8) is 0 Å². The van der Waals surface area contributed by atoms with Crippen LogP contribution in [0.5, 0.6) is 5.88 Å². The fraction of sp³-hybridized carbons (Fsp3) is 0.545. The molecular formula is C11H17N3O3S. The topological polar surface area (TPSA) is 85.5 Å². The number of anilines is 1. The molecule has 0 unspecified atom stereocenters. The van der Waals surface area contributed by atoms with Crippen LogP contribution < -0.4 is 10.5 Å². The van der Waals surface area contributed by atoms with E-state index in [1.165, 1.54) is 0 Å². The predicted octanol–water partition coefficient (Wildman–Crippen LogP) is -0.227. The molecule has 1 aromatic heterocycles. The van der Waals surface area contributed by atoms with Crippen molar-refractivity contribution in [1.82, 2.24) is 9.88 Å². The highest BCUT2D eigenvalue weighted by atomic mass is 32.2. The molecule has 2 heterocycles. The van der Waals surface area contributed by atoms with E-state index in [1.54, 1.807) is 18.3 Å². The maximum absolute atomic E-state index is 11.2. The molecule has 1 fully saturated rings. The molecule has 2 rings (SSSR count). The van der Waals surface area contributed by atoms with Crippen LogP contribution in [0.3, 0.4) is 0 Å². The molecule has 0 radical (unpaired) electrons. The van der Waals surface area contributed by atoms with Crippen LogP contribution in [-0.2, 0) is 9.84 Å². The summed E-state index contributed by atoms with van der Waals surface area (Å²) < 4.78 is 27.9. The molecule has 0 bridgehead atoms. The van der Waals surface area contributed by atoms with E-state index in [1.807, 2.05) is 0 Å². The first-order chi connectivity index (χ1) is 8.55. The number of rotatable bonds is 4. The number of nitrogen functional groups attached to an aromatic ring is 1.